The van der Waals surface area contributed by atoms with Crippen molar-refractivity contribution in [2.24, 2.45) is 5.73 Å². The average Bonchev–Trinajstić information content (AvgIpc) is 2.66. The van der Waals surface area contributed by atoms with Crippen LogP contribution < -0.4 is 5.73 Å². The fraction of sp³-hybridized carbons (Fsp3) is 0.778. The molecule has 0 aliphatic carbocycles. The third-order valence-corrected chi connectivity index (χ3v) is 2.08. The number of nitrogens with two attached hydrogens (primary N) is 1. The molecule has 86 valence electrons. The quantitative estimate of drug-likeness (QED) is 0.501. The number of aliphatic hydroxyl groups excluding tert-OH is 2. The van der Waals surface area contributed by atoms with Gasteiger partial charge in [0.1, 0.15) is 0 Å². The summed E-state index contributed by atoms with van der Waals surface area (Å²) in [7, 11) is 0. The molecule has 15 heavy (non-hydrogen) atoms. The maximum Gasteiger partial charge on any atom is 0.0966 e. The van der Waals surface area contributed by atoms with Crippen LogP contribution in [0.1, 0.15) is 18.5 Å². The van der Waals surface area contributed by atoms with Crippen molar-refractivity contribution in [2.75, 3.05) is 13.2 Å². The van der Waals surface area contributed by atoms with Crippen LogP contribution in [-0.2, 0) is 13.0 Å². The van der Waals surface area contributed by atoms with Gasteiger partial charge in [-0.1, -0.05) is 5.21 Å². The number of rotatable bonds is 7. The van der Waals surface area contributed by atoms with Crippen LogP contribution >= 0.6 is 0 Å². The Morgan fingerprint density at radius 3 is 2.93 bits per heavy atom. The molecule has 1 heterocycles. The largest absolute Gasteiger partial charge is 0.394 e. The molecule has 1 atom stereocenters. The van der Waals surface area contributed by atoms with Gasteiger partial charge in [0.15, 0.2) is 0 Å². The van der Waals surface area contributed by atoms with Gasteiger partial charge >= 0.3 is 0 Å². The zero-order chi connectivity index (χ0) is 11.1. The Morgan fingerprint density at radius 2 is 2.27 bits per heavy atom. The normalized spacial score (nSPS) is 13.0. The summed E-state index contributed by atoms with van der Waals surface area (Å²) < 4.78 is 1.54. The van der Waals surface area contributed by atoms with Crippen molar-refractivity contribution in [2.45, 2.75) is 31.9 Å². The third kappa shape index (κ3) is 4.37. The average molecular weight is 214 g/mol. The maximum atomic E-state index is 9.18. The van der Waals surface area contributed by atoms with E-state index in [1.54, 1.807) is 10.9 Å². The number of aliphatic hydroxyl groups is 2. The first-order chi connectivity index (χ1) is 7.26. The number of hydrogen-bond donors (Lipinski definition) is 3. The van der Waals surface area contributed by atoms with E-state index in [1.165, 1.54) is 0 Å². The van der Waals surface area contributed by atoms with E-state index in [9.17, 15) is 5.11 Å². The van der Waals surface area contributed by atoms with Gasteiger partial charge < -0.3 is 15.9 Å². The summed E-state index contributed by atoms with van der Waals surface area (Å²) in [5, 5.41) is 25.6. The number of hydrogen-bond acceptors (Lipinski definition) is 5. The number of aromatic nitrogens is 3. The molecular weight excluding hydrogens is 196 g/mol. The van der Waals surface area contributed by atoms with E-state index in [-0.39, 0.29) is 13.2 Å². The highest BCUT2D eigenvalue weighted by molar-refractivity contribution is 4.92. The molecule has 1 rings (SSSR count). The van der Waals surface area contributed by atoms with Crippen LogP contribution in [0.15, 0.2) is 6.20 Å². The number of nitrogens with zero attached hydrogens (tertiary/aromatic N) is 3. The molecule has 1 aromatic heterocycles. The Balaban J connectivity index is 2.35. The predicted octanol–water partition coefficient (Wildman–Crippen LogP) is -1.09. The summed E-state index contributed by atoms with van der Waals surface area (Å²) in [6, 6.07) is 0. The van der Waals surface area contributed by atoms with E-state index in [1.807, 2.05) is 0 Å². The Hall–Kier alpha value is -0.980. The van der Waals surface area contributed by atoms with Crippen molar-refractivity contribution in [1.82, 2.24) is 15.0 Å². The van der Waals surface area contributed by atoms with Crippen molar-refractivity contribution < 1.29 is 10.2 Å². The highest BCUT2D eigenvalue weighted by Crippen LogP contribution is 2.00. The van der Waals surface area contributed by atoms with Gasteiger partial charge in [-0.25, -0.2) is 4.68 Å². The Labute approximate surface area is 88.7 Å². The van der Waals surface area contributed by atoms with E-state index in [0.29, 0.717) is 6.54 Å². The molecule has 6 nitrogen and oxygen atoms in total. The molecule has 0 spiro atoms. The summed E-state index contributed by atoms with van der Waals surface area (Å²) in [4.78, 5) is 0. The standard InChI is InChI=1S/C9H18N4O2/c10-4-2-1-3-8-5-13(12-11-8)6-9(15)7-14/h5,9,14-15H,1-4,6-7,10H2. The first-order valence-electron chi connectivity index (χ1n) is 5.14. The van der Waals surface area contributed by atoms with Gasteiger partial charge in [0.25, 0.3) is 0 Å². The van der Waals surface area contributed by atoms with Gasteiger partial charge in [-0.3, -0.25) is 0 Å². The summed E-state index contributed by atoms with van der Waals surface area (Å²) >= 11 is 0. The van der Waals surface area contributed by atoms with Crippen molar-refractivity contribution in [3.63, 3.8) is 0 Å². The van der Waals surface area contributed by atoms with E-state index < -0.39 is 6.10 Å². The molecule has 0 fully saturated rings. The third-order valence-electron chi connectivity index (χ3n) is 2.08. The van der Waals surface area contributed by atoms with Crippen LogP contribution in [0.4, 0.5) is 0 Å². The fourth-order valence-electron chi connectivity index (χ4n) is 1.27. The van der Waals surface area contributed by atoms with Crippen LogP contribution in [0, 0.1) is 0 Å². The van der Waals surface area contributed by atoms with Crippen LogP contribution in [0.3, 0.4) is 0 Å². The summed E-state index contributed by atoms with van der Waals surface area (Å²) in [6.07, 6.45) is 3.84. The van der Waals surface area contributed by atoms with Crippen molar-refractivity contribution in [3.8, 4) is 0 Å². The minimum atomic E-state index is -0.774. The first kappa shape index (κ1) is 12.1. The Bertz CT molecular complexity index is 277. The highest BCUT2D eigenvalue weighted by atomic mass is 16.3. The zero-order valence-corrected chi connectivity index (χ0v) is 8.71. The minimum absolute atomic E-state index is 0.262. The Kier molecular flexibility index (Phi) is 5.23. The summed E-state index contributed by atoms with van der Waals surface area (Å²) in [6.45, 7) is 0.708. The lowest BCUT2D eigenvalue weighted by Gasteiger charge is -2.04. The zero-order valence-electron chi connectivity index (χ0n) is 8.71. The molecule has 1 unspecified atom stereocenters. The first-order valence-corrected chi connectivity index (χ1v) is 5.14. The second kappa shape index (κ2) is 6.49. The van der Waals surface area contributed by atoms with Gasteiger partial charge in [-0.15, -0.1) is 5.10 Å². The topological polar surface area (TPSA) is 97.2 Å². The maximum absolute atomic E-state index is 9.18. The van der Waals surface area contributed by atoms with Crippen LogP contribution in [-0.4, -0.2) is 44.5 Å². The molecule has 0 saturated heterocycles. The van der Waals surface area contributed by atoms with Crippen LogP contribution in [0.25, 0.3) is 0 Å². The lowest BCUT2D eigenvalue weighted by molar-refractivity contribution is 0.0778. The van der Waals surface area contributed by atoms with Gasteiger partial charge in [0.05, 0.1) is 24.9 Å². The highest BCUT2D eigenvalue weighted by Gasteiger charge is 2.05. The molecule has 0 aliphatic rings. The second-order valence-corrected chi connectivity index (χ2v) is 3.51. The van der Waals surface area contributed by atoms with E-state index >= 15 is 0 Å². The molecule has 0 aromatic carbocycles. The Morgan fingerprint density at radius 1 is 1.47 bits per heavy atom. The minimum Gasteiger partial charge on any atom is -0.394 e. The van der Waals surface area contributed by atoms with Gasteiger partial charge in [0, 0.05) is 6.20 Å². The molecule has 0 aliphatic heterocycles. The van der Waals surface area contributed by atoms with Gasteiger partial charge in [-0.05, 0) is 25.8 Å². The fourth-order valence-corrected chi connectivity index (χ4v) is 1.27. The van der Waals surface area contributed by atoms with Crippen LogP contribution in [0.2, 0.25) is 0 Å². The van der Waals surface area contributed by atoms with Crippen molar-refractivity contribution >= 4 is 0 Å². The van der Waals surface area contributed by atoms with Gasteiger partial charge in [0.2, 0.25) is 0 Å². The molecule has 6 heteroatoms. The van der Waals surface area contributed by atoms with Crippen molar-refractivity contribution in [3.05, 3.63) is 11.9 Å². The predicted molar refractivity (Wildman–Crippen MR) is 55.1 cm³/mol. The number of aryl methyl sites for hydroxylation is 1. The molecule has 0 amide bonds. The molecule has 4 N–H and O–H groups in total. The van der Waals surface area contributed by atoms with Crippen LogP contribution in [0.5, 0.6) is 0 Å². The van der Waals surface area contributed by atoms with E-state index in [4.69, 9.17) is 10.8 Å². The smallest absolute Gasteiger partial charge is 0.0966 e. The van der Waals surface area contributed by atoms with E-state index in [2.05, 4.69) is 10.3 Å². The molecule has 1 aromatic rings. The van der Waals surface area contributed by atoms with E-state index in [0.717, 1.165) is 25.0 Å². The lowest BCUT2D eigenvalue weighted by Crippen LogP contribution is -2.20. The SMILES string of the molecule is NCCCCc1cn(CC(O)CO)nn1. The molecular formula is C9H18N4O2. The van der Waals surface area contributed by atoms with Gasteiger partial charge in [-0.2, -0.15) is 0 Å². The summed E-state index contributed by atoms with van der Waals surface area (Å²) in [5.74, 6) is 0. The number of unbranched alkanes of at least 4 members (excludes halogenated alkanes) is 1. The molecule has 0 bridgehead atoms. The lowest BCUT2D eigenvalue weighted by atomic mass is 10.2. The monoisotopic (exact) mass is 214 g/mol. The van der Waals surface area contributed by atoms with Crippen molar-refractivity contribution in [1.29, 1.82) is 0 Å². The second-order valence-electron chi connectivity index (χ2n) is 3.51. The molecule has 0 saturated carbocycles. The molecule has 0 radical (unpaired) electrons. The summed E-state index contributed by atoms with van der Waals surface area (Å²) in [5.41, 5.74) is 6.28.